The van der Waals surface area contributed by atoms with E-state index in [4.69, 9.17) is 11.6 Å². The summed E-state index contributed by atoms with van der Waals surface area (Å²) in [7, 11) is 0. The number of halogens is 2. The Kier molecular flexibility index (Phi) is 4.94. The van der Waals surface area contributed by atoms with E-state index >= 15 is 0 Å². The summed E-state index contributed by atoms with van der Waals surface area (Å²) in [6.07, 6.45) is 3.49. The van der Waals surface area contributed by atoms with Gasteiger partial charge in [0, 0.05) is 12.1 Å². The highest BCUT2D eigenvalue weighted by Gasteiger charge is 2.12. The summed E-state index contributed by atoms with van der Waals surface area (Å²) in [5.74, 6) is -0.234. The highest BCUT2D eigenvalue weighted by Crippen LogP contribution is 2.14. The lowest BCUT2D eigenvalue weighted by Gasteiger charge is -2.01. The molecule has 3 nitrogen and oxygen atoms in total. The van der Waals surface area contributed by atoms with E-state index in [9.17, 15) is 4.79 Å². The molecule has 0 aliphatic heterocycles. The molecule has 0 saturated carbocycles. The third-order valence-corrected chi connectivity index (χ3v) is 2.39. The summed E-state index contributed by atoms with van der Waals surface area (Å²) >= 11 is 5.92. The van der Waals surface area contributed by atoms with Gasteiger partial charge >= 0.3 is 5.91 Å². The van der Waals surface area contributed by atoms with Crippen molar-refractivity contribution in [2.45, 2.75) is 0 Å². The number of hydrogen-bond acceptors (Lipinski definition) is 1. The minimum absolute atomic E-state index is 0. The molecule has 1 heterocycles. The van der Waals surface area contributed by atoms with Gasteiger partial charge in [0.2, 0.25) is 0 Å². The predicted molar refractivity (Wildman–Crippen MR) is 61.8 cm³/mol. The number of pyridine rings is 1. The van der Waals surface area contributed by atoms with Gasteiger partial charge in [-0.25, -0.2) is 0 Å². The van der Waals surface area contributed by atoms with Crippen molar-refractivity contribution in [1.29, 1.82) is 0 Å². The van der Waals surface area contributed by atoms with Gasteiger partial charge in [-0.05, 0) is 12.1 Å². The number of rotatable bonds is 2. The van der Waals surface area contributed by atoms with Crippen LogP contribution in [0.15, 0.2) is 54.9 Å². The lowest BCUT2D eigenvalue weighted by atomic mass is 10.2. The molecule has 0 fully saturated rings. The Labute approximate surface area is 110 Å². The zero-order chi connectivity index (χ0) is 11.4. The van der Waals surface area contributed by atoms with Crippen LogP contribution in [0.4, 0.5) is 0 Å². The first-order valence-electron chi connectivity index (χ1n) is 4.79. The topological polar surface area (TPSA) is 33.0 Å². The molecule has 2 aromatic rings. The second-order valence-corrected chi connectivity index (χ2v) is 3.61. The monoisotopic (exact) mass is 268 g/mol. The summed E-state index contributed by atoms with van der Waals surface area (Å²) < 4.78 is 1.58. The number of aromatic nitrogens is 1. The second kappa shape index (κ2) is 6.23. The van der Waals surface area contributed by atoms with Crippen molar-refractivity contribution in [1.82, 2.24) is 0 Å². The fourth-order valence-corrected chi connectivity index (χ4v) is 1.52. The highest BCUT2D eigenvalue weighted by atomic mass is 35.5. The van der Waals surface area contributed by atoms with Crippen molar-refractivity contribution in [3.05, 3.63) is 65.4 Å². The van der Waals surface area contributed by atoms with Gasteiger partial charge in [0.1, 0.15) is 0 Å². The van der Waals surface area contributed by atoms with Crippen LogP contribution in [-0.4, -0.2) is 5.91 Å². The molecule has 5 heteroatoms. The van der Waals surface area contributed by atoms with Crippen LogP contribution in [0, 0.1) is 0 Å². The summed E-state index contributed by atoms with van der Waals surface area (Å²) in [6, 6.07) is 12.5. The number of nitrogens with one attached hydrogen (secondary N) is 1. The Morgan fingerprint density at radius 1 is 1.06 bits per heavy atom. The second-order valence-electron chi connectivity index (χ2n) is 3.20. The number of nitrogens with zero attached hydrogens (tertiary/aromatic N) is 1. The normalized spacial score (nSPS) is 9.24. The van der Waals surface area contributed by atoms with Crippen molar-refractivity contribution in [3.8, 4) is 0 Å². The smallest absolute Gasteiger partial charge is 0.306 e. The average molecular weight is 269 g/mol. The Balaban J connectivity index is 0.00000144. The van der Waals surface area contributed by atoms with Gasteiger partial charge in [0.15, 0.2) is 12.4 Å². The van der Waals surface area contributed by atoms with Crippen LogP contribution < -0.4 is 22.5 Å². The SMILES string of the molecule is O=C(N[n+]1ccccc1)c1ccccc1Cl.[Cl-]. The lowest BCUT2D eigenvalue weighted by Crippen LogP contribution is -3.00. The first-order valence-corrected chi connectivity index (χ1v) is 5.17. The van der Waals surface area contributed by atoms with Crippen molar-refractivity contribution < 1.29 is 21.9 Å². The molecular formula is C12H10Cl2N2O. The van der Waals surface area contributed by atoms with E-state index in [2.05, 4.69) is 5.43 Å². The first-order chi connectivity index (χ1) is 7.77. The standard InChI is InChI=1S/C12H9ClN2O.ClH/c13-11-7-3-2-6-10(11)12(16)14-15-8-4-1-5-9-15;/h1-9H;1H. The lowest BCUT2D eigenvalue weighted by molar-refractivity contribution is -0.641. The van der Waals surface area contributed by atoms with Crippen LogP contribution in [0.2, 0.25) is 5.02 Å². The molecule has 0 spiro atoms. The van der Waals surface area contributed by atoms with Crippen LogP contribution in [0.3, 0.4) is 0 Å². The number of hydrogen-bond donors (Lipinski definition) is 1. The van der Waals surface area contributed by atoms with Crippen LogP contribution in [-0.2, 0) is 0 Å². The quantitative estimate of drug-likeness (QED) is 0.698. The van der Waals surface area contributed by atoms with E-state index in [-0.39, 0.29) is 18.3 Å². The molecule has 1 aromatic heterocycles. The maximum absolute atomic E-state index is 11.8. The van der Waals surface area contributed by atoms with Gasteiger partial charge in [-0.15, -0.1) is 5.43 Å². The maximum Gasteiger partial charge on any atom is 0.306 e. The van der Waals surface area contributed by atoms with Crippen LogP contribution in [0.1, 0.15) is 10.4 Å². The molecule has 88 valence electrons. The molecule has 17 heavy (non-hydrogen) atoms. The summed E-state index contributed by atoms with van der Waals surface area (Å²) in [5.41, 5.74) is 3.15. The van der Waals surface area contributed by atoms with E-state index in [1.807, 2.05) is 18.2 Å². The molecular weight excluding hydrogens is 259 g/mol. The number of amides is 1. The summed E-state index contributed by atoms with van der Waals surface area (Å²) in [5, 5.41) is 0.441. The van der Waals surface area contributed by atoms with Crippen molar-refractivity contribution in [2.24, 2.45) is 0 Å². The minimum atomic E-state index is -0.234. The van der Waals surface area contributed by atoms with Crippen LogP contribution >= 0.6 is 11.6 Å². The van der Waals surface area contributed by atoms with E-state index in [0.717, 1.165) is 0 Å². The van der Waals surface area contributed by atoms with Gasteiger partial charge < -0.3 is 12.4 Å². The average Bonchev–Trinajstić information content (AvgIpc) is 2.31. The summed E-state index contributed by atoms with van der Waals surface area (Å²) in [6.45, 7) is 0. The molecule has 0 radical (unpaired) electrons. The van der Waals surface area contributed by atoms with Crippen molar-refractivity contribution in [3.63, 3.8) is 0 Å². The van der Waals surface area contributed by atoms with Gasteiger partial charge in [-0.1, -0.05) is 34.5 Å². The predicted octanol–water partition coefficient (Wildman–Crippen LogP) is -0.985. The maximum atomic E-state index is 11.8. The fraction of sp³-hybridized carbons (Fsp3) is 0. The Hall–Kier alpha value is -1.58. The van der Waals surface area contributed by atoms with E-state index in [1.165, 1.54) is 0 Å². The zero-order valence-electron chi connectivity index (χ0n) is 8.81. The molecule has 0 unspecified atom stereocenters. The van der Waals surface area contributed by atoms with E-state index in [1.54, 1.807) is 41.3 Å². The van der Waals surface area contributed by atoms with Gasteiger partial charge in [0.25, 0.3) is 0 Å². The number of carbonyl (C=O) groups excluding carboxylic acids is 1. The van der Waals surface area contributed by atoms with E-state index in [0.29, 0.717) is 10.6 Å². The number of benzene rings is 1. The van der Waals surface area contributed by atoms with Crippen molar-refractivity contribution in [2.75, 3.05) is 5.43 Å². The molecule has 0 aliphatic rings. The largest absolute Gasteiger partial charge is 1.00 e. The molecule has 0 atom stereocenters. The molecule has 2 rings (SSSR count). The first kappa shape index (κ1) is 13.5. The van der Waals surface area contributed by atoms with Crippen LogP contribution in [0.25, 0.3) is 0 Å². The highest BCUT2D eigenvalue weighted by molar-refractivity contribution is 6.34. The summed E-state index contributed by atoms with van der Waals surface area (Å²) in [4.78, 5) is 11.8. The Morgan fingerprint density at radius 3 is 2.35 bits per heavy atom. The van der Waals surface area contributed by atoms with Gasteiger partial charge in [0.05, 0.1) is 10.6 Å². The third kappa shape index (κ3) is 3.44. The molecule has 0 bridgehead atoms. The molecule has 0 aliphatic carbocycles. The number of carbonyl (C=O) groups is 1. The third-order valence-electron chi connectivity index (χ3n) is 2.06. The van der Waals surface area contributed by atoms with Crippen LogP contribution in [0.5, 0.6) is 0 Å². The zero-order valence-corrected chi connectivity index (χ0v) is 10.3. The molecule has 0 saturated heterocycles. The molecule has 1 aromatic carbocycles. The Morgan fingerprint density at radius 2 is 1.71 bits per heavy atom. The van der Waals surface area contributed by atoms with Crippen molar-refractivity contribution >= 4 is 17.5 Å². The molecule has 1 N–H and O–H groups in total. The van der Waals surface area contributed by atoms with Gasteiger partial charge in [-0.3, -0.25) is 4.79 Å². The minimum Gasteiger partial charge on any atom is -1.00 e. The Bertz CT molecular complexity index is 503. The van der Waals surface area contributed by atoms with E-state index < -0.39 is 0 Å². The van der Waals surface area contributed by atoms with Gasteiger partial charge in [-0.2, -0.15) is 0 Å². The molecule has 1 amide bonds. The fourth-order valence-electron chi connectivity index (χ4n) is 1.30.